The molecular weight excluding hydrogens is 364 g/mol. The van der Waals surface area contributed by atoms with Crippen LogP contribution in [0.15, 0.2) is 29.2 Å². The number of imidazole rings is 1. The van der Waals surface area contributed by atoms with Gasteiger partial charge in [-0.2, -0.15) is 11.8 Å². The number of para-hydroxylation sites is 2. The Morgan fingerprint density at radius 2 is 1.60 bits per heavy atom. The van der Waals surface area contributed by atoms with Crippen molar-refractivity contribution in [2.75, 3.05) is 5.75 Å². The lowest BCUT2D eigenvalue weighted by atomic mass is 10.3. The summed E-state index contributed by atoms with van der Waals surface area (Å²) in [6.07, 6.45) is 0. The summed E-state index contributed by atoms with van der Waals surface area (Å²) in [5.74, 6) is 2.16. The summed E-state index contributed by atoms with van der Waals surface area (Å²) >= 11 is 5.95. The lowest BCUT2D eigenvalue weighted by Gasteiger charge is -2.19. The van der Waals surface area contributed by atoms with Gasteiger partial charge in [0.15, 0.2) is 0 Å². The minimum atomic E-state index is 0.529. The van der Waals surface area contributed by atoms with E-state index < -0.39 is 0 Å². The van der Waals surface area contributed by atoms with E-state index in [-0.39, 0.29) is 0 Å². The van der Waals surface area contributed by atoms with Crippen molar-refractivity contribution in [3.63, 3.8) is 0 Å². The predicted molar refractivity (Wildman–Crippen MR) is 121 cm³/mol. The summed E-state index contributed by atoms with van der Waals surface area (Å²) in [4.78, 5) is 7.79. The van der Waals surface area contributed by atoms with Crippen molar-refractivity contribution in [3.8, 4) is 0 Å². The van der Waals surface area contributed by atoms with E-state index in [2.05, 4.69) is 77.4 Å². The molecule has 5 heteroatoms. The molecule has 2 nitrogen and oxygen atoms in total. The zero-order chi connectivity index (χ0) is 18.6. The van der Waals surface area contributed by atoms with Crippen LogP contribution in [0.25, 0.3) is 15.9 Å². The van der Waals surface area contributed by atoms with Gasteiger partial charge in [-0.25, -0.2) is 4.98 Å². The quantitative estimate of drug-likeness (QED) is 0.497. The standard InChI is InChI=1S/C20H30N2S3/c1-13(2)23-12-18(24-14(3)4)19(25-15(5)6)20-21-16-10-8-9-11-17(16)22(20)7/h8-11,13-15H,12H2,1-7H3/b19-18-. The molecule has 1 aromatic carbocycles. The van der Waals surface area contributed by atoms with E-state index in [1.807, 2.05) is 35.3 Å². The van der Waals surface area contributed by atoms with E-state index in [9.17, 15) is 0 Å². The zero-order valence-electron chi connectivity index (χ0n) is 16.4. The second-order valence-electron chi connectivity index (χ2n) is 6.93. The zero-order valence-corrected chi connectivity index (χ0v) is 18.8. The van der Waals surface area contributed by atoms with Crippen molar-refractivity contribution in [1.82, 2.24) is 9.55 Å². The number of aromatic nitrogens is 2. The summed E-state index contributed by atoms with van der Waals surface area (Å²) in [7, 11) is 2.14. The average Bonchev–Trinajstić information content (AvgIpc) is 2.86. The van der Waals surface area contributed by atoms with Gasteiger partial charge in [0.05, 0.1) is 15.9 Å². The second kappa shape index (κ2) is 9.43. The molecule has 2 rings (SSSR count). The third-order valence-electron chi connectivity index (χ3n) is 3.52. The molecule has 0 amide bonds. The van der Waals surface area contributed by atoms with Gasteiger partial charge in [0.1, 0.15) is 5.82 Å². The van der Waals surface area contributed by atoms with Crippen LogP contribution in [-0.2, 0) is 7.05 Å². The molecule has 0 fully saturated rings. The maximum Gasteiger partial charge on any atom is 0.148 e. The van der Waals surface area contributed by atoms with E-state index in [1.54, 1.807) is 0 Å². The van der Waals surface area contributed by atoms with Crippen LogP contribution in [0.2, 0.25) is 0 Å². The Labute approximate surface area is 165 Å². The van der Waals surface area contributed by atoms with Crippen LogP contribution >= 0.6 is 35.3 Å². The first-order valence-electron chi connectivity index (χ1n) is 8.89. The molecule has 2 aromatic rings. The van der Waals surface area contributed by atoms with Gasteiger partial charge in [-0.15, -0.1) is 23.5 Å². The predicted octanol–water partition coefficient (Wildman–Crippen LogP) is 6.67. The van der Waals surface area contributed by atoms with Crippen molar-refractivity contribution >= 4 is 51.2 Å². The molecule has 0 aliphatic heterocycles. The van der Waals surface area contributed by atoms with Crippen molar-refractivity contribution in [1.29, 1.82) is 0 Å². The molecule has 0 saturated carbocycles. The maximum atomic E-state index is 4.98. The lowest BCUT2D eigenvalue weighted by molar-refractivity contribution is 0.926. The Kier molecular flexibility index (Phi) is 7.84. The van der Waals surface area contributed by atoms with Crippen LogP contribution in [0.1, 0.15) is 47.4 Å². The summed E-state index contributed by atoms with van der Waals surface area (Å²) in [6.45, 7) is 13.6. The number of rotatable bonds is 8. The van der Waals surface area contributed by atoms with Gasteiger partial charge in [-0.3, -0.25) is 0 Å². The van der Waals surface area contributed by atoms with Gasteiger partial charge in [-0.05, 0) is 17.4 Å². The fourth-order valence-electron chi connectivity index (χ4n) is 2.51. The minimum Gasteiger partial charge on any atom is -0.327 e. The number of thioether (sulfide) groups is 3. The molecule has 0 bridgehead atoms. The monoisotopic (exact) mass is 394 g/mol. The summed E-state index contributed by atoms with van der Waals surface area (Å²) in [5.41, 5.74) is 2.28. The molecule has 0 N–H and O–H groups in total. The van der Waals surface area contributed by atoms with Crippen molar-refractivity contribution < 1.29 is 0 Å². The van der Waals surface area contributed by atoms with Crippen LogP contribution in [0.3, 0.4) is 0 Å². The van der Waals surface area contributed by atoms with Gasteiger partial charge < -0.3 is 4.57 Å². The maximum absolute atomic E-state index is 4.98. The molecule has 0 unspecified atom stereocenters. The average molecular weight is 395 g/mol. The highest BCUT2D eigenvalue weighted by Crippen LogP contribution is 2.41. The molecule has 0 spiro atoms. The highest BCUT2D eigenvalue weighted by Gasteiger charge is 2.20. The smallest absolute Gasteiger partial charge is 0.148 e. The highest BCUT2D eigenvalue weighted by molar-refractivity contribution is 8.12. The van der Waals surface area contributed by atoms with Crippen molar-refractivity contribution in [2.45, 2.75) is 57.3 Å². The van der Waals surface area contributed by atoms with Crippen molar-refractivity contribution in [3.05, 3.63) is 35.0 Å². The van der Waals surface area contributed by atoms with Crippen LogP contribution in [0.5, 0.6) is 0 Å². The Morgan fingerprint density at radius 1 is 0.960 bits per heavy atom. The molecule has 1 heterocycles. The lowest BCUT2D eigenvalue weighted by Crippen LogP contribution is -2.04. The van der Waals surface area contributed by atoms with E-state index in [1.165, 1.54) is 15.3 Å². The van der Waals surface area contributed by atoms with Crippen LogP contribution in [0, 0.1) is 0 Å². The third kappa shape index (κ3) is 5.73. The van der Waals surface area contributed by atoms with Gasteiger partial charge in [-0.1, -0.05) is 53.7 Å². The van der Waals surface area contributed by atoms with Gasteiger partial charge in [0.25, 0.3) is 0 Å². The summed E-state index contributed by atoms with van der Waals surface area (Å²) < 4.78 is 2.25. The number of hydrogen-bond donors (Lipinski definition) is 0. The summed E-state index contributed by atoms with van der Waals surface area (Å²) in [5, 5.41) is 1.73. The molecule has 0 aliphatic rings. The normalized spacial score (nSPS) is 13.4. The minimum absolute atomic E-state index is 0.529. The van der Waals surface area contributed by atoms with Gasteiger partial charge in [0, 0.05) is 28.2 Å². The van der Waals surface area contributed by atoms with Crippen LogP contribution in [-0.4, -0.2) is 31.1 Å². The van der Waals surface area contributed by atoms with Gasteiger partial charge >= 0.3 is 0 Å². The molecule has 0 atom stereocenters. The van der Waals surface area contributed by atoms with Crippen molar-refractivity contribution in [2.24, 2.45) is 7.05 Å². The van der Waals surface area contributed by atoms with E-state index in [0.717, 1.165) is 17.1 Å². The second-order valence-corrected chi connectivity index (χ2v) is 11.8. The SMILES string of the molecule is CC(C)SC/C(SC(C)C)=C(/SC(C)C)c1nc2ccccc2n1C. The first kappa shape index (κ1) is 20.8. The summed E-state index contributed by atoms with van der Waals surface area (Å²) in [6, 6.07) is 8.41. The number of hydrogen-bond acceptors (Lipinski definition) is 4. The first-order valence-corrected chi connectivity index (χ1v) is 11.7. The Hall–Kier alpha value is -0.520. The molecule has 0 aliphatic carbocycles. The molecule has 0 radical (unpaired) electrons. The van der Waals surface area contributed by atoms with Crippen LogP contribution in [0.4, 0.5) is 0 Å². The van der Waals surface area contributed by atoms with Gasteiger partial charge in [0.2, 0.25) is 0 Å². The molecule has 25 heavy (non-hydrogen) atoms. The number of benzene rings is 1. The Morgan fingerprint density at radius 3 is 2.16 bits per heavy atom. The van der Waals surface area contributed by atoms with E-state index >= 15 is 0 Å². The van der Waals surface area contributed by atoms with Crippen LogP contribution < -0.4 is 0 Å². The largest absolute Gasteiger partial charge is 0.327 e. The molecular formula is C20H30N2S3. The van der Waals surface area contributed by atoms with E-state index in [4.69, 9.17) is 4.98 Å². The molecule has 138 valence electrons. The Bertz CT molecular complexity index is 730. The molecule has 0 saturated heterocycles. The third-order valence-corrected chi connectivity index (χ3v) is 7.20. The number of nitrogens with zero attached hydrogens (tertiary/aromatic N) is 2. The Balaban J connectivity index is 2.57. The number of fused-ring (bicyclic) bond motifs is 1. The fraction of sp³-hybridized carbons (Fsp3) is 0.550. The van der Waals surface area contributed by atoms with E-state index in [0.29, 0.717) is 15.7 Å². The molecule has 1 aromatic heterocycles. The number of aryl methyl sites for hydroxylation is 1. The topological polar surface area (TPSA) is 17.8 Å². The first-order chi connectivity index (χ1) is 11.8. The fourth-order valence-corrected chi connectivity index (χ4v) is 5.72. The highest BCUT2D eigenvalue weighted by atomic mass is 32.2.